The number of aliphatic carboxylic acids is 1. The lowest BCUT2D eigenvalue weighted by Crippen LogP contribution is -2.65. The summed E-state index contributed by atoms with van der Waals surface area (Å²) in [5, 5.41) is 16.1. The molecule has 3 atom stereocenters. The number of hydrogen-bond acceptors (Lipinski definition) is 7. The second-order valence-corrected chi connectivity index (χ2v) is 14.6. The summed E-state index contributed by atoms with van der Waals surface area (Å²) in [7, 11) is -0.380. The number of alkyl carbamates (subject to hydrolysis) is 1. The van der Waals surface area contributed by atoms with Gasteiger partial charge in [-0.1, -0.05) is 33.6 Å². The summed E-state index contributed by atoms with van der Waals surface area (Å²) in [6.45, 7) is 20.2. The number of amides is 3. The van der Waals surface area contributed by atoms with E-state index in [9.17, 15) is 24.3 Å². The van der Waals surface area contributed by atoms with Crippen LogP contribution in [0.5, 0.6) is 0 Å². The monoisotopic (exact) mass is 581 g/mol. The van der Waals surface area contributed by atoms with Crippen LogP contribution >= 0.6 is 0 Å². The molecule has 234 valence electrons. The molecule has 0 radical (unpaired) electrons. The Morgan fingerprint density at radius 3 is 2.05 bits per heavy atom. The number of carboxylic acid groups (broad SMARTS) is 1. The van der Waals surface area contributed by atoms with Crippen LogP contribution in [0.2, 0.25) is 6.32 Å². The molecule has 0 unspecified atom stereocenters. The molecule has 2 aliphatic rings. The lowest BCUT2D eigenvalue weighted by atomic mass is 9.77. The third kappa shape index (κ3) is 8.83. The first-order valence-electron chi connectivity index (χ1n) is 14.7. The van der Waals surface area contributed by atoms with Crippen molar-refractivity contribution in [3.8, 4) is 0 Å². The van der Waals surface area contributed by atoms with Crippen LogP contribution in [0, 0.1) is 5.41 Å². The zero-order valence-corrected chi connectivity index (χ0v) is 26.9. The average molecular weight is 582 g/mol. The quantitative estimate of drug-likeness (QED) is 0.272. The molecule has 0 spiro atoms. The maximum absolute atomic E-state index is 13.4. The Bertz CT molecular complexity index is 972. The predicted octanol–water partition coefficient (Wildman–Crippen LogP) is 4.14. The largest absolute Gasteiger partial charge is 0.479 e. The van der Waals surface area contributed by atoms with Gasteiger partial charge in [0.1, 0.15) is 17.2 Å². The summed E-state index contributed by atoms with van der Waals surface area (Å²) in [6.07, 6.45) is 1.77. The molecular weight excluding hydrogens is 529 g/mol. The van der Waals surface area contributed by atoms with Crippen molar-refractivity contribution in [3.63, 3.8) is 0 Å². The van der Waals surface area contributed by atoms with Crippen LogP contribution in [0.1, 0.15) is 108 Å². The Hall–Kier alpha value is -2.34. The number of likely N-dealkylation sites (tertiary alicyclic amines) is 1. The van der Waals surface area contributed by atoms with Gasteiger partial charge in [0.05, 0.1) is 11.2 Å². The standard InChI is InChI=1S/C29H52BN3O8/c1-19(34)33-17-14-20(31-22(35)21(25(2,3)4)32-24(38)39-26(5,6)7)18-29(33,23(36)37)15-12-13-16-30-40-27(8,9)28(10,11)41-30/h20-21H,12-18H2,1-11H3,(H,31,35)(H,32,38)(H,36,37)/t20-,21+,29+/m0/s1. The van der Waals surface area contributed by atoms with Gasteiger partial charge in [-0.3, -0.25) is 9.59 Å². The molecule has 3 N–H and O–H groups in total. The van der Waals surface area contributed by atoms with Gasteiger partial charge in [0.15, 0.2) is 0 Å². The molecule has 2 heterocycles. The second kappa shape index (κ2) is 12.5. The van der Waals surface area contributed by atoms with E-state index < -0.39 is 57.8 Å². The average Bonchev–Trinajstić information content (AvgIpc) is 2.98. The summed E-state index contributed by atoms with van der Waals surface area (Å²) >= 11 is 0. The third-order valence-corrected chi connectivity index (χ3v) is 8.30. The molecule has 0 aromatic carbocycles. The minimum absolute atomic E-state index is 0.0629. The van der Waals surface area contributed by atoms with Crippen LogP contribution in [0.3, 0.4) is 0 Å². The van der Waals surface area contributed by atoms with Gasteiger partial charge in [0.25, 0.3) is 0 Å². The van der Waals surface area contributed by atoms with E-state index in [1.165, 1.54) is 11.8 Å². The molecule has 2 aliphatic heterocycles. The highest BCUT2D eigenvalue weighted by molar-refractivity contribution is 6.45. The number of piperidine rings is 1. The molecule has 2 fully saturated rings. The topological polar surface area (TPSA) is 144 Å². The van der Waals surface area contributed by atoms with Crippen molar-refractivity contribution in [3.05, 3.63) is 0 Å². The van der Waals surface area contributed by atoms with Gasteiger partial charge >= 0.3 is 19.2 Å². The summed E-state index contributed by atoms with van der Waals surface area (Å²) in [5.74, 6) is -1.84. The predicted molar refractivity (Wildman–Crippen MR) is 156 cm³/mol. The smallest absolute Gasteiger partial charge is 0.457 e. The highest BCUT2D eigenvalue weighted by Gasteiger charge is 2.52. The van der Waals surface area contributed by atoms with E-state index >= 15 is 0 Å². The fourth-order valence-corrected chi connectivity index (χ4v) is 5.44. The molecule has 0 aromatic heterocycles. The molecule has 2 rings (SSSR count). The van der Waals surface area contributed by atoms with Gasteiger partial charge in [0, 0.05) is 25.9 Å². The van der Waals surface area contributed by atoms with Gasteiger partial charge in [0.2, 0.25) is 11.8 Å². The summed E-state index contributed by atoms with van der Waals surface area (Å²) in [4.78, 5) is 52.7. The van der Waals surface area contributed by atoms with Crippen LogP contribution in [0.25, 0.3) is 0 Å². The van der Waals surface area contributed by atoms with E-state index in [0.29, 0.717) is 25.6 Å². The van der Waals surface area contributed by atoms with Crippen molar-refractivity contribution >= 4 is 31.0 Å². The molecule has 0 saturated carbocycles. The number of nitrogens with zero attached hydrogens (tertiary/aromatic N) is 1. The number of carboxylic acids is 1. The minimum Gasteiger partial charge on any atom is -0.479 e. The van der Waals surface area contributed by atoms with Crippen molar-refractivity contribution in [2.75, 3.05) is 6.54 Å². The van der Waals surface area contributed by atoms with Gasteiger partial charge < -0.3 is 34.7 Å². The molecule has 2 saturated heterocycles. The maximum Gasteiger partial charge on any atom is 0.457 e. The summed E-state index contributed by atoms with van der Waals surface area (Å²) in [5.41, 5.74) is -3.72. The van der Waals surface area contributed by atoms with Crippen LogP contribution in [0.4, 0.5) is 4.79 Å². The molecule has 11 nitrogen and oxygen atoms in total. The van der Waals surface area contributed by atoms with Crippen LogP contribution in [-0.4, -0.2) is 82.0 Å². The zero-order chi connectivity index (χ0) is 31.6. The lowest BCUT2D eigenvalue weighted by molar-refractivity contribution is -0.163. The molecule has 3 amide bonds. The van der Waals surface area contributed by atoms with Crippen molar-refractivity contribution in [2.24, 2.45) is 5.41 Å². The van der Waals surface area contributed by atoms with Gasteiger partial charge in [-0.05, 0) is 73.0 Å². The Labute approximate surface area is 245 Å². The first-order valence-corrected chi connectivity index (χ1v) is 14.7. The van der Waals surface area contributed by atoms with Gasteiger partial charge in [-0.25, -0.2) is 9.59 Å². The van der Waals surface area contributed by atoms with E-state index in [4.69, 9.17) is 14.0 Å². The highest BCUT2D eigenvalue weighted by atomic mass is 16.7. The zero-order valence-electron chi connectivity index (χ0n) is 26.9. The van der Waals surface area contributed by atoms with E-state index in [0.717, 1.165) is 0 Å². The number of carbonyl (C=O) groups excluding carboxylic acids is 3. The molecule has 41 heavy (non-hydrogen) atoms. The molecular formula is C29H52BN3O8. The molecule has 0 aromatic rings. The Balaban J connectivity index is 2.13. The Morgan fingerprint density at radius 2 is 1.59 bits per heavy atom. The van der Waals surface area contributed by atoms with Crippen LogP contribution in [-0.2, 0) is 28.4 Å². The van der Waals surface area contributed by atoms with Crippen molar-refractivity contribution in [1.82, 2.24) is 15.5 Å². The maximum atomic E-state index is 13.4. The molecule has 12 heteroatoms. The Morgan fingerprint density at radius 1 is 1.02 bits per heavy atom. The lowest BCUT2D eigenvalue weighted by Gasteiger charge is -2.47. The van der Waals surface area contributed by atoms with E-state index in [2.05, 4.69) is 10.6 Å². The normalized spacial score (nSPS) is 24.9. The van der Waals surface area contributed by atoms with Gasteiger partial charge in [-0.15, -0.1) is 0 Å². The fraction of sp³-hybridized carbons (Fsp3) is 0.862. The van der Waals surface area contributed by atoms with Crippen molar-refractivity contribution in [1.29, 1.82) is 0 Å². The number of nitrogens with one attached hydrogen (secondary N) is 2. The van der Waals surface area contributed by atoms with E-state index in [1.54, 1.807) is 20.8 Å². The number of hydrogen-bond donors (Lipinski definition) is 3. The molecule has 0 aliphatic carbocycles. The molecule has 0 bridgehead atoms. The summed E-state index contributed by atoms with van der Waals surface area (Å²) < 4.78 is 17.5. The van der Waals surface area contributed by atoms with Crippen LogP contribution < -0.4 is 10.6 Å². The second-order valence-electron chi connectivity index (χ2n) is 14.6. The van der Waals surface area contributed by atoms with E-state index in [-0.39, 0.29) is 32.4 Å². The van der Waals surface area contributed by atoms with Crippen molar-refractivity contribution in [2.45, 2.75) is 149 Å². The fourth-order valence-electron chi connectivity index (χ4n) is 5.44. The Kier molecular flexibility index (Phi) is 10.6. The van der Waals surface area contributed by atoms with Crippen LogP contribution in [0.15, 0.2) is 0 Å². The first kappa shape index (κ1) is 34.9. The number of ether oxygens (including phenoxy) is 1. The number of unbranched alkanes of at least 4 members (excludes halogenated alkanes) is 1. The summed E-state index contributed by atoms with van der Waals surface area (Å²) in [6, 6.07) is -1.41. The highest BCUT2D eigenvalue weighted by Crippen LogP contribution is 2.39. The van der Waals surface area contributed by atoms with E-state index in [1.807, 2.05) is 48.5 Å². The third-order valence-electron chi connectivity index (χ3n) is 8.30. The SMILES string of the molecule is CC(=O)N1CC[C@H](NC(=O)[C@@H](NC(=O)OC(C)(C)C)C(C)(C)C)C[C@]1(CCCCB1OC(C)(C)C(C)(C)O1)C(=O)O. The minimum atomic E-state index is -1.46. The number of carbonyl (C=O) groups is 4. The van der Waals surface area contributed by atoms with Gasteiger partial charge in [-0.2, -0.15) is 0 Å². The number of rotatable bonds is 9. The first-order chi connectivity index (χ1) is 18.5. The van der Waals surface area contributed by atoms with Crippen molar-refractivity contribution < 1.29 is 38.3 Å².